The molecule has 2 N–H and O–H groups in total. The first-order valence-electron chi connectivity index (χ1n) is 9.19. The van der Waals surface area contributed by atoms with Crippen LogP contribution in [-0.2, 0) is 20.6 Å². The Morgan fingerprint density at radius 1 is 1.16 bits per heavy atom. The highest BCUT2D eigenvalue weighted by Crippen LogP contribution is 2.30. The Balaban J connectivity index is 1.48. The lowest BCUT2D eigenvalue weighted by atomic mass is 10.2. The second-order valence-corrected chi connectivity index (χ2v) is 8.73. The molecule has 0 aliphatic heterocycles. The smallest absolute Gasteiger partial charge is 0.332 e. The monoisotopic (exact) mass is 480 g/mol. The highest BCUT2D eigenvalue weighted by atomic mass is 35.5. The van der Waals surface area contributed by atoms with E-state index in [2.05, 4.69) is 15.2 Å². The molecule has 0 spiro atoms. The van der Waals surface area contributed by atoms with Crippen LogP contribution in [-0.4, -0.2) is 39.3 Å². The molecule has 1 aromatic carbocycles. The third kappa shape index (κ3) is 3.84. The maximum atomic E-state index is 12.7. The zero-order valence-corrected chi connectivity index (χ0v) is 18.9. The minimum Gasteiger partial charge on any atom is -0.335 e. The molecule has 3 heterocycles. The number of nitrogen functional groups attached to an aromatic ring is 1. The van der Waals surface area contributed by atoms with E-state index < -0.39 is 5.69 Å². The topological polar surface area (TPSA) is 119 Å². The third-order valence-electron chi connectivity index (χ3n) is 4.79. The van der Waals surface area contributed by atoms with Gasteiger partial charge >= 0.3 is 5.69 Å². The Hall–Kier alpha value is -2.76. The largest absolute Gasteiger partial charge is 0.335 e. The highest BCUT2D eigenvalue weighted by Gasteiger charge is 2.17. The van der Waals surface area contributed by atoms with Crippen LogP contribution < -0.4 is 17.1 Å². The molecule has 10 nitrogen and oxygen atoms in total. The van der Waals surface area contributed by atoms with E-state index in [1.54, 1.807) is 36.9 Å². The Morgan fingerprint density at radius 3 is 2.68 bits per heavy atom. The van der Waals surface area contributed by atoms with Gasteiger partial charge in [-0.05, 0) is 24.6 Å². The predicted octanol–water partition coefficient (Wildman–Crippen LogP) is 1.90. The van der Waals surface area contributed by atoms with Gasteiger partial charge in [0.05, 0.1) is 11.3 Å². The average molecular weight is 481 g/mol. The Labute approximate surface area is 190 Å². The first-order valence-corrected chi connectivity index (χ1v) is 10.9. The van der Waals surface area contributed by atoms with Crippen LogP contribution in [0.1, 0.15) is 6.42 Å². The molecular formula is C18H18Cl2N8O2S. The minimum atomic E-state index is -0.400. The average Bonchev–Trinajstić information content (AvgIpc) is 3.29. The first kappa shape index (κ1) is 21.5. The van der Waals surface area contributed by atoms with Crippen LogP contribution in [0.5, 0.6) is 0 Å². The quantitative estimate of drug-likeness (QED) is 0.254. The van der Waals surface area contributed by atoms with Gasteiger partial charge in [0.15, 0.2) is 17.0 Å². The van der Waals surface area contributed by atoms with Crippen molar-refractivity contribution < 1.29 is 0 Å². The summed E-state index contributed by atoms with van der Waals surface area (Å²) in [7, 11) is 3.32. The fraction of sp³-hybridized carbons (Fsp3) is 0.278. The van der Waals surface area contributed by atoms with E-state index in [0.29, 0.717) is 49.9 Å². The van der Waals surface area contributed by atoms with Gasteiger partial charge in [-0.1, -0.05) is 35.0 Å². The zero-order chi connectivity index (χ0) is 22.3. The molecule has 3 aromatic heterocycles. The second kappa shape index (κ2) is 8.40. The number of rotatable bonds is 6. The van der Waals surface area contributed by atoms with E-state index in [4.69, 9.17) is 29.0 Å². The van der Waals surface area contributed by atoms with Crippen LogP contribution in [0.4, 0.5) is 0 Å². The molecule has 13 heteroatoms. The maximum Gasteiger partial charge on any atom is 0.332 e. The first-order chi connectivity index (χ1) is 14.8. The zero-order valence-electron chi connectivity index (χ0n) is 16.6. The van der Waals surface area contributed by atoms with Gasteiger partial charge in [0, 0.05) is 37.0 Å². The molecule has 4 aromatic rings. The van der Waals surface area contributed by atoms with Gasteiger partial charge in [0.25, 0.3) is 5.56 Å². The van der Waals surface area contributed by atoms with Crippen LogP contribution >= 0.6 is 35.0 Å². The van der Waals surface area contributed by atoms with Gasteiger partial charge in [0.2, 0.25) is 5.16 Å². The molecule has 162 valence electrons. The lowest BCUT2D eigenvalue weighted by Gasteiger charge is -2.08. The van der Waals surface area contributed by atoms with Gasteiger partial charge in [-0.3, -0.25) is 13.9 Å². The van der Waals surface area contributed by atoms with Gasteiger partial charge < -0.3 is 10.4 Å². The summed E-state index contributed by atoms with van der Waals surface area (Å²) < 4.78 is 5.56. The molecule has 0 saturated heterocycles. The number of aryl methyl sites for hydroxylation is 2. The van der Waals surface area contributed by atoms with E-state index in [9.17, 15) is 9.59 Å². The summed E-state index contributed by atoms with van der Waals surface area (Å²) in [6.07, 6.45) is 2.07. The summed E-state index contributed by atoms with van der Waals surface area (Å²) >= 11 is 13.5. The number of aromatic nitrogens is 7. The van der Waals surface area contributed by atoms with Crippen molar-refractivity contribution in [1.82, 2.24) is 33.6 Å². The van der Waals surface area contributed by atoms with Gasteiger partial charge in [0.1, 0.15) is 0 Å². The number of fused-ring (bicyclic) bond motifs is 1. The van der Waals surface area contributed by atoms with E-state index in [1.807, 2.05) is 0 Å². The van der Waals surface area contributed by atoms with Crippen molar-refractivity contribution in [2.45, 2.75) is 18.1 Å². The third-order valence-corrected chi connectivity index (χ3v) is 6.37. The molecule has 0 amide bonds. The van der Waals surface area contributed by atoms with Crippen molar-refractivity contribution in [2.24, 2.45) is 14.1 Å². The van der Waals surface area contributed by atoms with E-state index in [-0.39, 0.29) is 12.1 Å². The molecular weight excluding hydrogens is 463 g/mol. The van der Waals surface area contributed by atoms with Crippen molar-refractivity contribution in [1.29, 1.82) is 0 Å². The van der Waals surface area contributed by atoms with Crippen LogP contribution in [0.3, 0.4) is 0 Å². The molecule has 0 atom stereocenters. The van der Waals surface area contributed by atoms with Crippen molar-refractivity contribution in [3.63, 3.8) is 0 Å². The van der Waals surface area contributed by atoms with Gasteiger partial charge in [-0.2, -0.15) is 0 Å². The molecule has 0 radical (unpaired) electrons. The fourth-order valence-electron chi connectivity index (χ4n) is 3.21. The number of hydrogen-bond acceptors (Lipinski definition) is 7. The van der Waals surface area contributed by atoms with E-state index >= 15 is 0 Å². The number of thioether (sulfide) groups is 1. The Kier molecular flexibility index (Phi) is 5.82. The number of nitrogens with zero attached hydrogens (tertiary/aromatic N) is 7. The number of imidazole rings is 1. The highest BCUT2D eigenvalue weighted by molar-refractivity contribution is 7.99. The summed E-state index contributed by atoms with van der Waals surface area (Å²) in [6, 6.07) is 5.03. The van der Waals surface area contributed by atoms with Crippen molar-refractivity contribution in [3.8, 4) is 11.4 Å². The molecule has 4 rings (SSSR count). The number of halogens is 2. The van der Waals surface area contributed by atoms with Crippen molar-refractivity contribution >= 4 is 46.1 Å². The van der Waals surface area contributed by atoms with Crippen LogP contribution in [0.2, 0.25) is 10.0 Å². The summed E-state index contributed by atoms with van der Waals surface area (Å²) in [5.74, 6) is 7.12. The SMILES string of the molecule is Cn1cnc2c1c(=O)n(CCCSc1nnc(-c3ccc(Cl)cc3Cl)n1N)c(=O)n2C. The van der Waals surface area contributed by atoms with Crippen LogP contribution in [0, 0.1) is 0 Å². The molecule has 0 unspecified atom stereocenters. The van der Waals surface area contributed by atoms with Crippen LogP contribution in [0.25, 0.3) is 22.6 Å². The predicted molar refractivity (Wildman–Crippen MR) is 121 cm³/mol. The van der Waals surface area contributed by atoms with Crippen molar-refractivity contribution in [2.75, 3.05) is 11.6 Å². The normalized spacial score (nSPS) is 11.5. The molecule has 0 fully saturated rings. The molecule has 0 saturated carbocycles. The fourth-order valence-corrected chi connectivity index (χ4v) is 4.48. The molecule has 31 heavy (non-hydrogen) atoms. The second-order valence-electron chi connectivity index (χ2n) is 6.83. The Bertz CT molecular complexity index is 1400. The summed E-state index contributed by atoms with van der Waals surface area (Å²) in [4.78, 5) is 29.4. The summed E-state index contributed by atoms with van der Waals surface area (Å²) in [5.41, 5.74) is 0.619. The molecule has 0 bridgehead atoms. The minimum absolute atomic E-state index is 0.258. The van der Waals surface area contributed by atoms with Crippen molar-refractivity contribution in [3.05, 3.63) is 55.4 Å². The summed E-state index contributed by atoms with van der Waals surface area (Å²) in [5, 5.41) is 9.64. The number of benzene rings is 1. The van der Waals surface area contributed by atoms with E-state index in [0.717, 1.165) is 0 Å². The number of nitrogens with two attached hydrogens (primary N) is 1. The Morgan fingerprint density at radius 2 is 1.94 bits per heavy atom. The number of hydrogen-bond donors (Lipinski definition) is 1. The van der Waals surface area contributed by atoms with Gasteiger partial charge in [-0.15, -0.1) is 10.2 Å². The lowest BCUT2D eigenvalue weighted by Crippen LogP contribution is -2.39. The van der Waals surface area contributed by atoms with E-state index in [1.165, 1.54) is 31.9 Å². The summed E-state index contributed by atoms with van der Waals surface area (Å²) in [6.45, 7) is 0.258. The standard InChI is InChI=1S/C18H18Cl2N8O2S/c1-25-9-22-15-13(25)16(29)27(18(30)26(15)2)6-3-7-31-17-24-23-14(28(17)21)11-5-4-10(19)8-12(11)20/h4-5,8-9H,3,6-7,21H2,1-2H3. The lowest BCUT2D eigenvalue weighted by molar-refractivity contribution is 0.594. The molecule has 0 aliphatic rings. The van der Waals surface area contributed by atoms with Crippen LogP contribution in [0.15, 0.2) is 39.3 Å². The van der Waals surface area contributed by atoms with Gasteiger partial charge in [-0.25, -0.2) is 14.5 Å². The maximum absolute atomic E-state index is 12.7. The molecule has 0 aliphatic carbocycles.